The number of carbonyl (C=O) groups excluding carboxylic acids is 1. The first-order valence-corrected chi connectivity index (χ1v) is 9.87. The van der Waals surface area contributed by atoms with Gasteiger partial charge in [0.15, 0.2) is 0 Å². The molecule has 0 aromatic heterocycles. The molecule has 1 aromatic rings. The summed E-state index contributed by atoms with van der Waals surface area (Å²) in [4.78, 5) is 23.6. The minimum absolute atomic E-state index is 0.0907. The fraction of sp³-hybridized carbons (Fsp3) is 0.529. The molecule has 1 heterocycles. The van der Waals surface area contributed by atoms with E-state index >= 15 is 0 Å². The number of ether oxygens (including phenoxy) is 1. The normalized spacial score (nSPS) is 17.0. The monoisotopic (exact) mass is 384 g/mol. The Morgan fingerprint density at radius 1 is 1.19 bits per heavy atom. The predicted octanol–water partition coefficient (Wildman–Crippen LogP) is 0.937. The third-order valence-corrected chi connectivity index (χ3v) is 5.95. The van der Waals surface area contributed by atoms with Gasteiger partial charge in [-0.05, 0) is 36.6 Å². The van der Waals surface area contributed by atoms with Crippen molar-refractivity contribution in [2.75, 3.05) is 26.3 Å². The van der Waals surface area contributed by atoms with Crippen LogP contribution >= 0.6 is 0 Å². The van der Waals surface area contributed by atoms with E-state index < -0.39 is 27.9 Å². The summed E-state index contributed by atoms with van der Waals surface area (Å²) < 4.78 is 31.6. The summed E-state index contributed by atoms with van der Waals surface area (Å²) in [6.07, 6.45) is 0.310. The van der Waals surface area contributed by atoms with E-state index in [9.17, 15) is 23.1 Å². The number of amides is 1. The molecule has 0 aliphatic carbocycles. The third-order valence-electron chi connectivity index (χ3n) is 4.03. The van der Waals surface area contributed by atoms with Gasteiger partial charge in [-0.1, -0.05) is 13.8 Å². The quantitative estimate of drug-likeness (QED) is 0.723. The van der Waals surface area contributed by atoms with Crippen molar-refractivity contribution in [1.82, 2.24) is 9.62 Å². The number of benzene rings is 1. The van der Waals surface area contributed by atoms with Crippen LogP contribution in [0.3, 0.4) is 0 Å². The summed E-state index contributed by atoms with van der Waals surface area (Å²) in [5, 5.41) is 11.7. The van der Waals surface area contributed by atoms with Crippen LogP contribution in [0.2, 0.25) is 0 Å². The molecule has 8 nitrogen and oxygen atoms in total. The van der Waals surface area contributed by atoms with Crippen molar-refractivity contribution >= 4 is 21.9 Å². The van der Waals surface area contributed by atoms with E-state index in [1.807, 2.05) is 13.8 Å². The van der Waals surface area contributed by atoms with Crippen LogP contribution in [0.15, 0.2) is 29.2 Å². The summed E-state index contributed by atoms with van der Waals surface area (Å²) in [7, 11) is -3.63. The molecule has 0 unspecified atom stereocenters. The maximum atomic E-state index is 12.5. The van der Waals surface area contributed by atoms with Crippen molar-refractivity contribution in [3.63, 3.8) is 0 Å². The second kappa shape index (κ2) is 8.61. The van der Waals surface area contributed by atoms with E-state index in [0.717, 1.165) is 0 Å². The van der Waals surface area contributed by atoms with Crippen LogP contribution in [0, 0.1) is 5.92 Å². The molecule has 1 aliphatic heterocycles. The van der Waals surface area contributed by atoms with Crippen molar-refractivity contribution in [2.24, 2.45) is 5.92 Å². The zero-order chi connectivity index (χ0) is 19.3. The zero-order valence-corrected chi connectivity index (χ0v) is 15.7. The van der Waals surface area contributed by atoms with Gasteiger partial charge in [-0.2, -0.15) is 4.31 Å². The Hall–Kier alpha value is -1.97. The maximum absolute atomic E-state index is 12.5. The van der Waals surface area contributed by atoms with Gasteiger partial charge in [0, 0.05) is 18.7 Å². The van der Waals surface area contributed by atoms with E-state index in [1.165, 1.54) is 28.6 Å². The van der Waals surface area contributed by atoms with Crippen molar-refractivity contribution in [3.05, 3.63) is 29.8 Å². The van der Waals surface area contributed by atoms with Crippen molar-refractivity contribution < 1.29 is 27.9 Å². The lowest BCUT2D eigenvalue weighted by Crippen LogP contribution is -2.41. The number of carboxylic acid groups (broad SMARTS) is 1. The molecule has 9 heteroatoms. The highest BCUT2D eigenvalue weighted by molar-refractivity contribution is 7.89. The summed E-state index contributed by atoms with van der Waals surface area (Å²) >= 11 is 0. The molecule has 1 amide bonds. The number of carboxylic acids is 1. The number of sulfonamides is 1. The number of rotatable bonds is 7. The highest BCUT2D eigenvalue weighted by Gasteiger charge is 2.27. The topological polar surface area (TPSA) is 113 Å². The van der Waals surface area contributed by atoms with Crippen LogP contribution in [-0.4, -0.2) is 62.1 Å². The van der Waals surface area contributed by atoms with Gasteiger partial charge in [0.25, 0.3) is 5.91 Å². The minimum atomic E-state index is -3.63. The number of carbonyl (C=O) groups is 2. The van der Waals surface area contributed by atoms with Crippen LogP contribution in [-0.2, 0) is 19.6 Å². The van der Waals surface area contributed by atoms with E-state index in [1.54, 1.807) is 0 Å². The number of hydrogen-bond acceptors (Lipinski definition) is 5. The van der Waals surface area contributed by atoms with Gasteiger partial charge < -0.3 is 15.2 Å². The van der Waals surface area contributed by atoms with E-state index in [2.05, 4.69) is 5.32 Å². The van der Waals surface area contributed by atoms with Crippen LogP contribution in [0.1, 0.15) is 30.6 Å². The average molecular weight is 384 g/mol. The number of hydrogen-bond donors (Lipinski definition) is 2. The highest BCUT2D eigenvalue weighted by Crippen LogP contribution is 2.18. The second-order valence-electron chi connectivity index (χ2n) is 6.53. The zero-order valence-electron chi connectivity index (χ0n) is 14.8. The Bertz CT molecular complexity index is 739. The summed E-state index contributed by atoms with van der Waals surface area (Å²) in [5.41, 5.74) is 0.209. The van der Waals surface area contributed by atoms with Gasteiger partial charge in [-0.3, -0.25) is 4.79 Å². The predicted molar refractivity (Wildman–Crippen MR) is 94.4 cm³/mol. The lowest BCUT2D eigenvalue weighted by atomic mass is 10.0. The first-order valence-electron chi connectivity index (χ1n) is 8.43. The molecule has 1 fully saturated rings. The smallest absolute Gasteiger partial charge is 0.326 e. The number of nitrogens with one attached hydrogen (secondary N) is 1. The Labute approximate surface area is 153 Å². The molecule has 1 saturated heterocycles. The Balaban J connectivity index is 2.10. The fourth-order valence-corrected chi connectivity index (χ4v) is 4.06. The standard InChI is InChI=1S/C17H24N2O6S/c1-12(2)11-15(17(21)22)18-16(20)13-3-5-14(6-4-13)26(23,24)19-7-9-25-10-8-19/h3-6,12,15H,7-11H2,1-2H3,(H,18,20)(H,21,22)/t15-/m1/s1. The van der Waals surface area contributed by atoms with Crippen LogP contribution in [0.25, 0.3) is 0 Å². The molecule has 1 aliphatic rings. The van der Waals surface area contributed by atoms with Gasteiger partial charge in [0.1, 0.15) is 6.04 Å². The maximum Gasteiger partial charge on any atom is 0.326 e. The van der Waals surface area contributed by atoms with E-state index in [0.29, 0.717) is 32.7 Å². The van der Waals surface area contributed by atoms with Gasteiger partial charge >= 0.3 is 5.97 Å². The molecule has 1 atom stereocenters. The summed E-state index contributed by atoms with van der Waals surface area (Å²) in [6.45, 7) is 5.03. The lowest BCUT2D eigenvalue weighted by molar-refractivity contribution is -0.139. The largest absolute Gasteiger partial charge is 0.480 e. The molecular formula is C17H24N2O6S. The molecule has 1 aromatic carbocycles. The molecule has 0 radical (unpaired) electrons. The Kier molecular flexibility index (Phi) is 6.74. The van der Waals surface area contributed by atoms with E-state index in [-0.39, 0.29) is 16.4 Å². The molecular weight excluding hydrogens is 360 g/mol. The van der Waals surface area contributed by atoms with Crippen LogP contribution in [0.4, 0.5) is 0 Å². The third kappa shape index (κ3) is 5.03. The molecule has 144 valence electrons. The molecule has 0 bridgehead atoms. The summed E-state index contributed by atoms with van der Waals surface area (Å²) in [5.74, 6) is -1.54. The molecule has 26 heavy (non-hydrogen) atoms. The van der Waals surface area contributed by atoms with Crippen LogP contribution < -0.4 is 5.32 Å². The van der Waals surface area contributed by atoms with Crippen LogP contribution in [0.5, 0.6) is 0 Å². The first-order chi connectivity index (χ1) is 12.2. The van der Waals surface area contributed by atoms with Crippen molar-refractivity contribution in [1.29, 1.82) is 0 Å². The number of morpholine rings is 1. The highest BCUT2D eigenvalue weighted by atomic mass is 32.2. The Morgan fingerprint density at radius 2 is 1.77 bits per heavy atom. The second-order valence-corrected chi connectivity index (χ2v) is 8.47. The average Bonchev–Trinajstić information content (AvgIpc) is 2.61. The first kappa shape index (κ1) is 20.3. The minimum Gasteiger partial charge on any atom is -0.480 e. The SMILES string of the molecule is CC(C)C[C@@H](NC(=O)c1ccc(S(=O)(=O)N2CCOCC2)cc1)C(=O)O. The van der Waals surface area contributed by atoms with Crippen molar-refractivity contribution in [3.8, 4) is 0 Å². The summed E-state index contributed by atoms with van der Waals surface area (Å²) in [6, 6.07) is 4.50. The van der Waals surface area contributed by atoms with Gasteiger partial charge in [-0.25, -0.2) is 13.2 Å². The Morgan fingerprint density at radius 3 is 2.27 bits per heavy atom. The fourth-order valence-electron chi connectivity index (χ4n) is 2.65. The molecule has 0 saturated carbocycles. The van der Waals surface area contributed by atoms with Crippen molar-refractivity contribution in [2.45, 2.75) is 31.2 Å². The van der Waals surface area contributed by atoms with Gasteiger partial charge in [0.2, 0.25) is 10.0 Å². The number of nitrogens with zero attached hydrogens (tertiary/aromatic N) is 1. The molecule has 2 rings (SSSR count). The number of aliphatic carboxylic acids is 1. The lowest BCUT2D eigenvalue weighted by Gasteiger charge is -2.26. The van der Waals surface area contributed by atoms with Gasteiger partial charge in [0.05, 0.1) is 18.1 Å². The van der Waals surface area contributed by atoms with Gasteiger partial charge in [-0.15, -0.1) is 0 Å². The van der Waals surface area contributed by atoms with E-state index in [4.69, 9.17) is 4.74 Å². The molecule has 2 N–H and O–H groups in total. The molecule has 0 spiro atoms.